The fourth-order valence-electron chi connectivity index (χ4n) is 2.05. The number of hydrogen-bond acceptors (Lipinski definition) is 7. The number of anilines is 1. The monoisotopic (exact) mass is 309 g/mol. The summed E-state index contributed by atoms with van der Waals surface area (Å²) in [4.78, 5) is 16.7. The van der Waals surface area contributed by atoms with Crippen LogP contribution in [0, 0.1) is 0 Å². The Morgan fingerprint density at radius 1 is 0.870 bits per heavy atom. The molecule has 0 saturated heterocycles. The maximum Gasteiger partial charge on any atom is 0.227 e. The van der Waals surface area contributed by atoms with Crippen molar-refractivity contribution in [1.29, 1.82) is 0 Å². The van der Waals surface area contributed by atoms with Gasteiger partial charge < -0.3 is 14.8 Å². The van der Waals surface area contributed by atoms with Crippen LogP contribution in [0.25, 0.3) is 11.1 Å². The van der Waals surface area contributed by atoms with Gasteiger partial charge >= 0.3 is 0 Å². The van der Waals surface area contributed by atoms with E-state index in [-0.39, 0.29) is 0 Å². The van der Waals surface area contributed by atoms with Crippen LogP contribution in [0.1, 0.15) is 0 Å². The molecule has 23 heavy (non-hydrogen) atoms. The van der Waals surface area contributed by atoms with E-state index in [1.807, 2.05) is 24.3 Å². The van der Waals surface area contributed by atoms with E-state index < -0.39 is 0 Å². The molecule has 0 fully saturated rings. The van der Waals surface area contributed by atoms with E-state index in [4.69, 9.17) is 9.47 Å². The molecule has 0 aliphatic heterocycles. The van der Waals surface area contributed by atoms with E-state index in [1.54, 1.807) is 38.9 Å². The van der Waals surface area contributed by atoms with E-state index in [0.717, 1.165) is 11.1 Å². The van der Waals surface area contributed by atoms with Gasteiger partial charge in [0.1, 0.15) is 0 Å². The van der Waals surface area contributed by atoms with Crippen molar-refractivity contribution in [1.82, 2.24) is 19.9 Å². The standard InChI is InChI=1S/C16H15N5O2/c1-17-16-20-9-11(10-21-16)23-15-13(6-4-8-19-15)12-5-3-7-18-14(12)22-2/h3-10H,1-2H3,(H,17,20,21). The van der Waals surface area contributed by atoms with Crippen LogP contribution in [-0.2, 0) is 0 Å². The molecule has 1 N–H and O–H groups in total. The first-order valence-electron chi connectivity index (χ1n) is 6.94. The average Bonchev–Trinajstić information content (AvgIpc) is 2.63. The van der Waals surface area contributed by atoms with Gasteiger partial charge in [-0.25, -0.2) is 19.9 Å². The highest BCUT2D eigenvalue weighted by Gasteiger charge is 2.13. The van der Waals surface area contributed by atoms with Crippen LogP contribution < -0.4 is 14.8 Å². The second kappa shape index (κ2) is 6.69. The molecule has 0 aliphatic carbocycles. The van der Waals surface area contributed by atoms with Gasteiger partial charge in [0, 0.05) is 30.6 Å². The Bertz CT molecular complexity index is 792. The minimum absolute atomic E-state index is 0.430. The number of nitrogens with one attached hydrogen (secondary N) is 1. The van der Waals surface area contributed by atoms with Gasteiger partial charge in [-0.15, -0.1) is 0 Å². The van der Waals surface area contributed by atoms with Gasteiger partial charge in [0.25, 0.3) is 0 Å². The summed E-state index contributed by atoms with van der Waals surface area (Å²) in [5.74, 6) is 1.95. The van der Waals surface area contributed by atoms with Crippen LogP contribution in [0.2, 0.25) is 0 Å². The Kier molecular flexibility index (Phi) is 4.28. The maximum atomic E-state index is 5.82. The van der Waals surface area contributed by atoms with Crippen LogP contribution in [-0.4, -0.2) is 34.1 Å². The van der Waals surface area contributed by atoms with Gasteiger partial charge in [0.05, 0.1) is 19.5 Å². The molecule has 116 valence electrons. The number of hydrogen-bond donors (Lipinski definition) is 1. The van der Waals surface area contributed by atoms with Crippen LogP contribution in [0.4, 0.5) is 5.95 Å². The molecular formula is C16H15N5O2. The largest absolute Gasteiger partial charge is 0.481 e. The third-order valence-corrected chi connectivity index (χ3v) is 3.09. The summed E-state index contributed by atoms with van der Waals surface area (Å²) in [5.41, 5.74) is 1.57. The molecule has 0 radical (unpaired) electrons. The van der Waals surface area contributed by atoms with Gasteiger partial charge in [-0.3, -0.25) is 0 Å². The highest BCUT2D eigenvalue weighted by atomic mass is 16.5. The van der Waals surface area contributed by atoms with Gasteiger partial charge in [-0.05, 0) is 24.3 Å². The first-order valence-corrected chi connectivity index (χ1v) is 6.94. The minimum Gasteiger partial charge on any atom is -0.481 e. The summed E-state index contributed by atoms with van der Waals surface area (Å²) < 4.78 is 11.1. The summed E-state index contributed by atoms with van der Waals surface area (Å²) in [6, 6.07) is 7.45. The van der Waals surface area contributed by atoms with Crippen molar-refractivity contribution in [2.45, 2.75) is 0 Å². The number of nitrogens with zero attached hydrogens (tertiary/aromatic N) is 4. The van der Waals surface area contributed by atoms with E-state index in [9.17, 15) is 0 Å². The fourth-order valence-corrected chi connectivity index (χ4v) is 2.05. The summed E-state index contributed by atoms with van der Waals surface area (Å²) in [7, 11) is 3.33. The molecule has 0 unspecified atom stereocenters. The zero-order chi connectivity index (χ0) is 16.1. The molecule has 0 aromatic carbocycles. The van der Waals surface area contributed by atoms with Crippen molar-refractivity contribution in [3.05, 3.63) is 49.1 Å². The van der Waals surface area contributed by atoms with E-state index >= 15 is 0 Å². The Morgan fingerprint density at radius 3 is 2.09 bits per heavy atom. The smallest absolute Gasteiger partial charge is 0.227 e. The van der Waals surface area contributed by atoms with E-state index in [1.165, 1.54) is 0 Å². The molecular weight excluding hydrogens is 294 g/mol. The molecule has 7 heteroatoms. The first kappa shape index (κ1) is 14.7. The number of aromatic nitrogens is 4. The quantitative estimate of drug-likeness (QED) is 0.776. The van der Waals surface area contributed by atoms with Crippen molar-refractivity contribution in [2.24, 2.45) is 0 Å². The Balaban J connectivity index is 1.97. The second-order valence-electron chi connectivity index (χ2n) is 4.51. The molecule has 0 amide bonds. The lowest BCUT2D eigenvalue weighted by Gasteiger charge is -2.11. The Hall–Kier alpha value is -3.22. The lowest BCUT2D eigenvalue weighted by molar-refractivity contribution is 0.399. The molecule has 0 bridgehead atoms. The molecule has 0 saturated carbocycles. The molecule has 0 atom stereocenters. The highest BCUT2D eigenvalue weighted by molar-refractivity contribution is 5.72. The third-order valence-electron chi connectivity index (χ3n) is 3.09. The lowest BCUT2D eigenvalue weighted by Crippen LogP contribution is -1.98. The van der Waals surface area contributed by atoms with Crippen molar-refractivity contribution in [3.63, 3.8) is 0 Å². The Labute approximate surface area is 133 Å². The normalized spacial score (nSPS) is 10.2. The summed E-state index contributed by atoms with van der Waals surface area (Å²) in [6.45, 7) is 0. The predicted molar refractivity (Wildman–Crippen MR) is 85.7 cm³/mol. The van der Waals surface area contributed by atoms with E-state index in [0.29, 0.717) is 23.5 Å². The summed E-state index contributed by atoms with van der Waals surface area (Å²) >= 11 is 0. The minimum atomic E-state index is 0.430. The number of methoxy groups -OCH3 is 1. The lowest BCUT2D eigenvalue weighted by atomic mass is 10.1. The summed E-state index contributed by atoms with van der Waals surface area (Å²) in [5, 5.41) is 2.85. The molecule has 3 aromatic rings. The van der Waals surface area contributed by atoms with Crippen LogP contribution >= 0.6 is 0 Å². The SMILES string of the molecule is CNc1ncc(Oc2ncccc2-c2cccnc2OC)cn1. The van der Waals surface area contributed by atoms with Crippen LogP contribution in [0.15, 0.2) is 49.1 Å². The number of rotatable bonds is 5. The van der Waals surface area contributed by atoms with Crippen molar-refractivity contribution in [2.75, 3.05) is 19.5 Å². The molecule has 0 aliphatic rings. The molecule has 3 aromatic heterocycles. The van der Waals surface area contributed by atoms with Gasteiger partial charge in [0.2, 0.25) is 17.7 Å². The second-order valence-corrected chi connectivity index (χ2v) is 4.51. The van der Waals surface area contributed by atoms with Crippen LogP contribution in [0.3, 0.4) is 0 Å². The van der Waals surface area contributed by atoms with E-state index in [2.05, 4.69) is 25.3 Å². The molecule has 3 rings (SSSR count). The predicted octanol–water partition coefficient (Wildman–Crippen LogP) is 2.78. The van der Waals surface area contributed by atoms with Crippen molar-refractivity contribution < 1.29 is 9.47 Å². The van der Waals surface area contributed by atoms with Gasteiger partial charge in [-0.2, -0.15) is 0 Å². The highest BCUT2D eigenvalue weighted by Crippen LogP contribution is 2.35. The fraction of sp³-hybridized carbons (Fsp3) is 0.125. The Morgan fingerprint density at radius 2 is 1.48 bits per heavy atom. The maximum absolute atomic E-state index is 5.82. The van der Waals surface area contributed by atoms with Crippen LogP contribution in [0.5, 0.6) is 17.5 Å². The summed E-state index contributed by atoms with van der Waals surface area (Å²) in [6.07, 6.45) is 6.49. The number of pyridine rings is 2. The van der Waals surface area contributed by atoms with Gasteiger partial charge in [0.15, 0.2) is 5.75 Å². The van der Waals surface area contributed by atoms with Crippen molar-refractivity contribution in [3.8, 4) is 28.6 Å². The average molecular weight is 309 g/mol. The third kappa shape index (κ3) is 3.18. The zero-order valence-electron chi connectivity index (χ0n) is 12.7. The number of ether oxygens (including phenoxy) is 2. The van der Waals surface area contributed by atoms with Gasteiger partial charge in [-0.1, -0.05) is 0 Å². The topological polar surface area (TPSA) is 82.1 Å². The molecule has 3 heterocycles. The molecule has 0 spiro atoms. The zero-order valence-corrected chi connectivity index (χ0v) is 12.7. The molecule has 7 nitrogen and oxygen atoms in total. The van der Waals surface area contributed by atoms with Crippen molar-refractivity contribution >= 4 is 5.95 Å². The first-order chi connectivity index (χ1) is 11.3.